The summed E-state index contributed by atoms with van der Waals surface area (Å²) in [6, 6.07) is 5.85. The molecule has 0 radical (unpaired) electrons. The van der Waals surface area contributed by atoms with E-state index in [-0.39, 0.29) is 5.82 Å². The Morgan fingerprint density at radius 2 is 2.05 bits per heavy atom. The summed E-state index contributed by atoms with van der Waals surface area (Å²) in [7, 11) is 0. The zero-order chi connectivity index (χ0) is 12.8. The molecular formula is C14H12FN3S. The van der Waals surface area contributed by atoms with Crippen molar-refractivity contribution >= 4 is 17.8 Å². The van der Waals surface area contributed by atoms with Crippen molar-refractivity contribution in [2.75, 3.05) is 10.8 Å². The van der Waals surface area contributed by atoms with Gasteiger partial charge in [0, 0.05) is 37.0 Å². The molecule has 0 bridgehead atoms. The van der Waals surface area contributed by atoms with Crippen molar-refractivity contribution in [1.82, 2.24) is 9.71 Å². The van der Waals surface area contributed by atoms with Crippen molar-refractivity contribution in [2.45, 2.75) is 13.0 Å². The van der Waals surface area contributed by atoms with Crippen molar-refractivity contribution in [1.29, 1.82) is 0 Å². The Morgan fingerprint density at radius 1 is 1.16 bits per heavy atom. The fourth-order valence-corrected chi connectivity index (χ4v) is 3.64. The molecule has 0 saturated carbocycles. The SMILES string of the molecule is Fc1cncc(-c2cc3c4c(c2)CNSN4CC3)c1. The van der Waals surface area contributed by atoms with Crippen LogP contribution in [0, 0.1) is 5.82 Å². The van der Waals surface area contributed by atoms with E-state index in [9.17, 15) is 4.39 Å². The van der Waals surface area contributed by atoms with E-state index in [1.54, 1.807) is 24.4 Å². The summed E-state index contributed by atoms with van der Waals surface area (Å²) in [5.41, 5.74) is 5.88. The first kappa shape index (κ1) is 11.3. The molecule has 0 fully saturated rings. The lowest BCUT2D eigenvalue weighted by Crippen LogP contribution is -2.24. The van der Waals surface area contributed by atoms with Crippen LogP contribution in [0.5, 0.6) is 0 Å². The second kappa shape index (κ2) is 4.21. The molecule has 0 amide bonds. The van der Waals surface area contributed by atoms with Crippen LogP contribution in [-0.2, 0) is 13.0 Å². The fourth-order valence-electron chi connectivity index (χ4n) is 2.76. The van der Waals surface area contributed by atoms with Crippen molar-refractivity contribution in [3.8, 4) is 11.1 Å². The number of aromatic nitrogens is 1. The lowest BCUT2D eigenvalue weighted by Gasteiger charge is -2.26. The van der Waals surface area contributed by atoms with E-state index in [0.29, 0.717) is 0 Å². The molecule has 2 aliphatic rings. The Kier molecular flexibility index (Phi) is 2.50. The molecule has 0 saturated heterocycles. The van der Waals surface area contributed by atoms with Crippen molar-refractivity contribution < 1.29 is 4.39 Å². The highest BCUT2D eigenvalue weighted by molar-refractivity contribution is 7.98. The molecule has 2 aromatic rings. The second-order valence-electron chi connectivity index (χ2n) is 4.80. The van der Waals surface area contributed by atoms with Gasteiger partial charge in [-0.1, -0.05) is 0 Å². The summed E-state index contributed by atoms with van der Waals surface area (Å²) >= 11 is 1.67. The van der Waals surface area contributed by atoms with E-state index in [0.717, 1.165) is 30.6 Å². The number of nitrogens with one attached hydrogen (secondary N) is 1. The molecule has 96 valence electrons. The van der Waals surface area contributed by atoms with Gasteiger partial charge in [0.05, 0.1) is 11.9 Å². The number of rotatable bonds is 1. The molecule has 1 N–H and O–H groups in total. The predicted molar refractivity (Wildman–Crippen MR) is 75.1 cm³/mol. The Balaban J connectivity index is 1.87. The maximum Gasteiger partial charge on any atom is 0.142 e. The molecule has 0 aliphatic carbocycles. The summed E-state index contributed by atoms with van der Waals surface area (Å²) in [6.07, 6.45) is 4.00. The van der Waals surface area contributed by atoms with Gasteiger partial charge >= 0.3 is 0 Å². The van der Waals surface area contributed by atoms with E-state index in [4.69, 9.17) is 0 Å². The van der Waals surface area contributed by atoms with E-state index in [1.807, 2.05) is 0 Å². The summed E-state index contributed by atoms with van der Waals surface area (Å²) in [5, 5.41) is 0. The molecule has 3 nitrogen and oxygen atoms in total. The van der Waals surface area contributed by atoms with Crippen LogP contribution in [0.4, 0.5) is 10.1 Å². The van der Waals surface area contributed by atoms with Gasteiger partial charge in [-0.05, 0) is 41.3 Å². The lowest BCUT2D eigenvalue weighted by atomic mass is 9.99. The normalized spacial score (nSPS) is 16.6. The van der Waals surface area contributed by atoms with Gasteiger partial charge in [0.1, 0.15) is 5.82 Å². The highest BCUT2D eigenvalue weighted by Crippen LogP contribution is 2.41. The van der Waals surface area contributed by atoms with Crippen LogP contribution in [0.3, 0.4) is 0 Å². The molecular weight excluding hydrogens is 261 g/mol. The molecule has 3 heterocycles. The first-order valence-electron chi connectivity index (χ1n) is 6.25. The Labute approximate surface area is 115 Å². The first-order valence-corrected chi connectivity index (χ1v) is 7.03. The number of hydrogen-bond donors (Lipinski definition) is 1. The smallest absolute Gasteiger partial charge is 0.142 e. The van der Waals surface area contributed by atoms with Gasteiger partial charge in [-0.2, -0.15) is 0 Å². The standard InChI is InChI=1S/C14H12FN3S/c15-13-5-11(6-16-8-13)10-3-9-1-2-18-14(9)12(4-10)7-17-19-18/h3-6,8,17H,1-2,7H2. The van der Waals surface area contributed by atoms with Crippen LogP contribution < -0.4 is 9.03 Å². The van der Waals surface area contributed by atoms with Crippen molar-refractivity contribution in [3.05, 3.63) is 47.5 Å². The van der Waals surface area contributed by atoms with E-state index < -0.39 is 0 Å². The van der Waals surface area contributed by atoms with Gasteiger partial charge in [-0.3, -0.25) is 4.98 Å². The molecule has 19 heavy (non-hydrogen) atoms. The summed E-state index contributed by atoms with van der Waals surface area (Å²) < 4.78 is 18.9. The fraction of sp³-hybridized carbons (Fsp3) is 0.214. The molecule has 2 aliphatic heterocycles. The van der Waals surface area contributed by atoms with E-state index in [1.165, 1.54) is 23.0 Å². The molecule has 0 unspecified atom stereocenters. The average Bonchev–Trinajstić information content (AvgIpc) is 2.84. The van der Waals surface area contributed by atoms with E-state index in [2.05, 4.69) is 26.1 Å². The first-order chi connectivity index (χ1) is 9.31. The third kappa shape index (κ3) is 1.81. The maximum absolute atomic E-state index is 13.3. The molecule has 0 atom stereocenters. The van der Waals surface area contributed by atoms with Crippen molar-refractivity contribution in [3.63, 3.8) is 0 Å². The summed E-state index contributed by atoms with van der Waals surface area (Å²) in [6.45, 7) is 1.88. The number of hydrogen-bond acceptors (Lipinski definition) is 4. The van der Waals surface area contributed by atoms with Gasteiger partial charge in [0.15, 0.2) is 0 Å². The quantitative estimate of drug-likeness (QED) is 0.809. The van der Waals surface area contributed by atoms with Crippen LogP contribution in [0.2, 0.25) is 0 Å². The number of nitrogens with zero attached hydrogens (tertiary/aromatic N) is 2. The molecule has 4 rings (SSSR count). The van der Waals surface area contributed by atoms with Crippen LogP contribution >= 0.6 is 12.1 Å². The molecule has 0 spiro atoms. The zero-order valence-corrected chi connectivity index (χ0v) is 11.0. The van der Waals surface area contributed by atoms with Gasteiger partial charge in [0.25, 0.3) is 0 Å². The molecule has 5 heteroatoms. The van der Waals surface area contributed by atoms with Crippen molar-refractivity contribution in [2.24, 2.45) is 0 Å². The largest absolute Gasteiger partial charge is 0.302 e. The molecule has 1 aromatic heterocycles. The summed E-state index contributed by atoms with van der Waals surface area (Å²) in [5.74, 6) is -0.290. The highest BCUT2D eigenvalue weighted by atomic mass is 32.2. The average molecular weight is 273 g/mol. The zero-order valence-electron chi connectivity index (χ0n) is 10.2. The minimum atomic E-state index is -0.290. The van der Waals surface area contributed by atoms with Crippen LogP contribution in [-0.4, -0.2) is 11.5 Å². The third-order valence-corrected chi connectivity index (χ3v) is 4.44. The number of anilines is 1. The minimum absolute atomic E-state index is 0.290. The Hall–Kier alpha value is -1.59. The minimum Gasteiger partial charge on any atom is -0.302 e. The van der Waals surface area contributed by atoms with Gasteiger partial charge < -0.3 is 4.31 Å². The van der Waals surface area contributed by atoms with Gasteiger partial charge in [-0.25, -0.2) is 9.11 Å². The number of pyridine rings is 1. The highest BCUT2D eigenvalue weighted by Gasteiger charge is 2.27. The van der Waals surface area contributed by atoms with Gasteiger partial charge in [0.2, 0.25) is 0 Å². The van der Waals surface area contributed by atoms with Crippen LogP contribution in [0.25, 0.3) is 11.1 Å². The van der Waals surface area contributed by atoms with Gasteiger partial charge in [-0.15, -0.1) is 0 Å². The third-order valence-electron chi connectivity index (χ3n) is 3.58. The van der Waals surface area contributed by atoms with E-state index >= 15 is 0 Å². The summed E-state index contributed by atoms with van der Waals surface area (Å²) in [4.78, 5) is 3.93. The monoisotopic (exact) mass is 273 g/mol. The molecule has 1 aromatic carbocycles. The predicted octanol–water partition coefficient (Wildman–Crippen LogP) is 2.92. The topological polar surface area (TPSA) is 28.2 Å². The Morgan fingerprint density at radius 3 is 2.95 bits per heavy atom. The van der Waals surface area contributed by atoms with Crippen LogP contribution in [0.1, 0.15) is 11.1 Å². The second-order valence-corrected chi connectivity index (χ2v) is 5.71. The number of halogens is 1. The number of benzene rings is 1. The maximum atomic E-state index is 13.3. The lowest BCUT2D eigenvalue weighted by molar-refractivity contribution is 0.622. The Bertz CT molecular complexity index is 659. The van der Waals surface area contributed by atoms with Crippen LogP contribution in [0.15, 0.2) is 30.6 Å².